The van der Waals surface area contributed by atoms with Gasteiger partial charge in [0.25, 0.3) is 0 Å². The van der Waals surface area contributed by atoms with E-state index in [0.29, 0.717) is 10.2 Å². The Morgan fingerprint density at radius 1 is 1.17 bits per heavy atom. The average Bonchev–Trinajstić information content (AvgIpc) is 3.29. The molecule has 2 aromatic carbocycles. The molecule has 4 rings (SSSR count). The van der Waals surface area contributed by atoms with Gasteiger partial charge in [-0.05, 0) is 56.2 Å². The topological polar surface area (TPSA) is 65.3 Å². The zero-order valence-corrected chi connectivity index (χ0v) is 17.7. The summed E-state index contributed by atoms with van der Waals surface area (Å²) in [6.07, 6.45) is 4.06. The van der Waals surface area contributed by atoms with E-state index in [2.05, 4.69) is 36.1 Å². The van der Waals surface area contributed by atoms with E-state index in [9.17, 15) is 9.90 Å². The molecule has 2 aliphatic rings. The number of carboxylic acid groups (broad SMARTS) is 1. The Labute approximate surface area is 179 Å². The lowest BCUT2D eigenvalue weighted by molar-refractivity contribution is -0.133. The predicted octanol–water partition coefficient (Wildman–Crippen LogP) is 5.69. The lowest BCUT2D eigenvalue weighted by atomic mass is 9.94. The van der Waals surface area contributed by atoms with E-state index >= 15 is 0 Å². The van der Waals surface area contributed by atoms with E-state index in [1.807, 2.05) is 24.3 Å². The van der Waals surface area contributed by atoms with Crippen LogP contribution in [0.25, 0.3) is 0 Å². The molecule has 1 fully saturated rings. The molecule has 1 spiro atoms. The first-order chi connectivity index (χ1) is 14.0. The van der Waals surface area contributed by atoms with Crippen LogP contribution in [-0.4, -0.2) is 33.4 Å². The molecule has 2 aromatic rings. The average molecular weight is 428 g/mol. The minimum absolute atomic E-state index is 0.0362. The Hall–Kier alpha value is -2.31. The summed E-state index contributed by atoms with van der Waals surface area (Å²) < 4.78 is 0. The number of rotatable bonds is 4. The van der Waals surface area contributed by atoms with E-state index in [4.69, 9.17) is 21.6 Å². The number of hydrogen-bond donors (Lipinski definition) is 1. The third-order valence-electron chi connectivity index (χ3n) is 5.35. The Balaban J connectivity index is 1.80. The van der Waals surface area contributed by atoms with E-state index in [0.717, 1.165) is 42.9 Å². The Bertz CT molecular complexity index is 965. The molecule has 0 amide bonds. The largest absolute Gasteiger partial charge is 0.481 e. The number of halogens is 1. The van der Waals surface area contributed by atoms with Gasteiger partial charge < -0.3 is 10.0 Å². The standard InChI is InChI=1S/C22H22ClN3O2S/c1-15-4-10-18(11-5-15)26-21(29-14-19(27)28)25-20(22(26)12-2-3-13-22)24-17-8-6-16(23)7-9-17/h4-11H,2-3,12-14H2,1H3,(H,27,28). The van der Waals surface area contributed by atoms with Crippen LogP contribution in [0.3, 0.4) is 0 Å². The van der Waals surface area contributed by atoms with Gasteiger partial charge in [-0.1, -0.05) is 53.9 Å². The molecule has 0 aromatic heterocycles. The molecule has 1 aliphatic heterocycles. The molecule has 1 saturated carbocycles. The molecule has 1 N–H and O–H groups in total. The van der Waals surface area contributed by atoms with Crippen LogP contribution >= 0.6 is 23.4 Å². The summed E-state index contributed by atoms with van der Waals surface area (Å²) in [6, 6.07) is 15.7. The van der Waals surface area contributed by atoms with E-state index < -0.39 is 5.97 Å². The molecule has 7 heteroatoms. The quantitative estimate of drug-likeness (QED) is 0.681. The van der Waals surface area contributed by atoms with Gasteiger partial charge in [0.15, 0.2) is 11.0 Å². The number of aliphatic imine (C=N–C) groups is 2. The van der Waals surface area contributed by atoms with Crippen molar-refractivity contribution in [3.63, 3.8) is 0 Å². The van der Waals surface area contributed by atoms with Crippen molar-refractivity contribution >= 4 is 51.7 Å². The van der Waals surface area contributed by atoms with Gasteiger partial charge >= 0.3 is 5.97 Å². The highest BCUT2D eigenvalue weighted by molar-refractivity contribution is 8.14. The van der Waals surface area contributed by atoms with Crippen LogP contribution in [0.4, 0.5) is 11.4 Å². The molecule has 0 unspecified atom stereocenters. The van der Waals surface area contributed by atoms with Gasteiger partial charge in [0.2, 0.25) is 0 Å². The van der Waals surface area contributed by atoms with Gasteiger partial charge in [0.1, 0.15) is 5.54 Å². The van der Waals surface area contributed by atoms with Crippen molar-refractivity contribution < 1.29 is 9.90 Å². The Kier molecular flexibility index (Phi) is 5.65. The molecule has 5 nitrogen and oxygen atoms in total. The maximum absolute atomic E-state index is 11.2. The fraction of sp³-hybridized carbons (Fsp3) is 0.318. The van der Waals surface area contributed by atoms with Crippen LogP contribution in [0, 0.1) is 6.92 Å². The van der Waals surface area contributed by atoms with Gasteiger partial charge in [0.05, 0.1) is 11.4 Å². The van der Waals surface area contributed by atoms with Crippen molar-refractivity contribution in [3.8, 4) is 0 Å². The lowest BCUT2D eigenvalue weighted by Gasteiger charge is -2.36. The van der Waals surface area contributed by atoms with Gasteiger partial charge in [-0.3, -0.25) is 4.79 Å². The molecule has 1 aliphatic carbocycles. The maximum atomic E-state index is 11.2. The van der Waals surface area contributed by atoms with Crippen molar-refractivity contribution in [2.75, 3.05) is 10.7 Å². The number of aryl methyl sites for hydroxylation is 1. The van der Waals surface area contributed by atoms with Crippen LogP contribution in [0.5, 0.6) is 0 Å². The fourth-order valence-electron chi connectivity index (χ4n) is 3.98. The van der Waals surface area contributed by atoms with E-state index in [1.165, 1.54) is 17.3 Å². The number of amidine groups is 2. The zero-order chi connectivity index (χ0) is 20.4. The summed E-state index contributed by atoms with van der Waals surface area (Å²) in [5.41, 5.74) is 2.67. The SMILES string of the molecule is Cc1ccc(N2C(SCC(=O)O)=NC(=Nc3ccc(Cl)cc3)C23CCCC3)cc1. The summed E-state index contributed by atoms with van der Waals surface area (Å²) in [5, 5.41) is 10.6. The number of carbonyl (C=O) groups is 1. The van der Waals surface area contributed by atoms with Crippen molar-refractivity contribution in [2.24, 2.45) is 9.98 Å². The normalized spacial score (nSPS) is 19.2. The fourth-order valence-corrected chi connectivity index (χ4v) is 4.92. The number of nitrogens with zero attached hydrogens (tertiary/aromatic N) is 3. The number of thioether (sulfide) groups is 1. The molecule has 150 valence electrons. The minimum Gasteiger partial charge on any atom is -0.481 e. The van der Waals surface area contributed by atoms with Crippen LogP contribution in [0.2, 0.25) is 5.02 Å². The maximum Gasteiger partial charge on any atom is 0.313 e. The first-order valence-electron chi connectivity index (χ1n) is 9.63. The van der Waals surface area contributed by atoms with Crippen molar-refractivity contribution in [1.82, 2.24) is 0 Å². The molecule has 0 saturated heterocycles. The number of hydrogen-bond acceptors (Lipinski definition) is 4. The third kappa shape index (κ3) is 4.05. The van der Waals surface area contributed by atoms with Gasteiger partial charge in [-0.2, -0.15) is 0 Å². The first kappa shape index (κ1) is 20.0. The molecule has 0 bridgehead atoms. The number of benzene rings is 2. The lowest BCUT2D eigenvalue weighted by Crippen LogP contribution is -2.49. The monoisotopic (exact) mass is 427 g/mol. The molecule has 1 heterocycles. The van der Waals surface area contributed by atoms with E-state index in [1.54, 1.807) is 0 Å². The predicted molar refractivity (Wildman–Crippen MR) is 121 cm³/mol. The summed E-state index contributed by atoms with van der Waals surface area (Å²) >= 11 is 7.27. The van der Waals surface area contributed by atoms with Crippen molar-refractivity contribution in [1.29, 1.82) is 0 Å². The molecular weight excluding hydrogens is 406 g/mol. The van der Waals surface area contributed by atoms with Crippen LogP contribution in [0.15, 0.2) is 58.5 Å². The summed E-state index contributed by atoms with van der Waals surface area (Å²) in [7, 11) is 0. The molecule has 0 radical (unpaired) electrons. The Morgan fingerprint density at radius 3 is 2.45 bits per heavy atom. The molecule has 29 heavy (non-hydrogen) atoms. The second kappa shape index (κ2) is 8.20. The summed E-state index contributed by atoms with van der Waals surface area (Å²) in [6.45, 7) is 2.06. The minimum atomic E-state index is -0.856. The van der Waals surface area contributed by atoms with Crippen molar-refractivity contribution in [3.05, 3.63) is 59.1 Å². The van der Waals surface area contributed by atoms with Gasteiger partial charge in [0, 0.05) is 10.7 Å². The Morgan fingerprint density at radius 2 is 1.83 bits per heavy atom. The molecule has 0 atom stereocenters. The highest BCUT2D eigenvalue weighted by atomic mass is 35.5. The van der Waals surface area contributed by atoms with Crippen LogP contribution in [0.1, 0.15) is 31.2 Å². The number of anilines is 1. The highest BCUT2D eigenvalue weighted by Crippen LogP contribution is 2.45. The zero-order valence-electron chi connectivity index (χ0n) is 16.1. The van der Waals surface area contributed by atoms with Crippen LogP contribution in [-0.2, 0) is 4.79 Å². The van der Waals surface area contributed by atoms with Crippen molar-refractivity contribution in [2.45, 2.75) is 38.1 Å². The third-order valence-corrected chi connectivity index (χ3v) is 6.52. The summed E-state index contributed by atoms with van der Waals surface area (Å²) in [4.78, 5) is 23.2. The molecular formula is C22H22ClN3O2S. The van der Waals surface area contributed by atoms with E-state index in [-0.39, 0.29) is 11.3 Å². The number of aliphatic carboxylic acids is 1. The van der Waals surface area contributed by atoms with Crippen LogP contribution < -0.4 is 4.90 Å². The summed E-state index contributed by atoms with van der Waals surface area (Å²) in [5.74, 6) is -0.137. The second-order valence-corrected chi connectivity index (χ2v) is 8.78. The second-order valence-electron chi connectivity index (χ2n) is 7.40. The smallest absolute Gasteiger partial charge is 0.313 e. The first-order valence-corrected chi connectivity index (χ1v) is 11.0. The highest BCUT2D eigenvalue weighted by Gasteiger charge is 2.51. The number of carboxylic acids is 1. The van der Waals surface area contributed by atoms with Gasteiger partial charge in [-0.25, -0.2) is 9.98 Å². The van der Waals surface area contributed by atoms with Gasteiger partial charge in [-0.15, -0.1) is 0 Å².